The molecule has 2 N–H and O–H groups in total. The number of hydrogen-bond acceptors (Lipinski definition) is 6. The monoisotopic (exact) mass is 380 g/mol. The molecule has 144 valence electrons. The molecule has 0 aliphatic heterocycles. The fourth-order valence-corrected chi connectivity index (χ4v) is 3.19. The Labute approximate surface area is 160 Å². The summed E-state index contributed by atoms with van der Waals surface area (Å²) in [5, 5.41) is 9.73. The van der Waals surface area contributed by atoms with Crippen LogP contribution >= 0.6 is 0 Å². The first-order valence-corrected chi connectivity index (χ1v) is 8.99. The second-order valence-corrected chi connectivity index (χ2v) is 6.27. The fourth-order valence-electron chi connectivity index (χ4n) is 3.19. The Bertz CT molecular complexity index is 1180. The lowest BCUT2D eigenvalue weighted by Crippen LogP contribution is -2.15. The zero-order valence-electron chi connectivity index (χ0n) is 15.4. The van der Waals surface area contributed by atoms with Crippen molar-refractivity contribution in [1.82, 2.24) is 19.5 Å². The molecule has 0 bridgehead atoms. The van der Waals surface area contributed by atoms with E-state index in [9.17, 15) is 4.79 Å². The largest absolute Gasteiger partial charge is 0.496 e. The zero-order valence-corrected chi connectivity index (χ0v) is 15.4. The third-order valence-electron chi connectivity index (χ3n) is 4.51. The van der Waals surface area contributed by atoms with Gasteiger partial charge in [-0.15, -0.1) is 0 Å². The van der Waals surface area contributed by atoms with Crippen molar-refractivity contribution in [2.45, 2.75) is 12.8 Å². The molecule has 0 radical (unpaired) electrons. The van der Waals surface area contributed by atoms with Crippen LogP contribution in [0, 0.1) is 0 Å². The Kier molecular flexibility index (Phi) is 4.94. The predicted octanol–water partition coefficient (Wildman–Crippen LogP) is 2.42. The molecule has 0 spiro atoms. The summed E-state index contributed by atoms with van der Waals surface area (Å²) in [5.41, 5.74) is 2.13. The number of pyridine rings is 2. The van der Waals surface area contributed by atoms with Crippen LogP contribution in [-0.4, -0.2) is 44.9 Å². The van der Waals surface area contributed by atoms with Gasteiger partial charge < -0.3 is 14.6 Å². The number of methoxy groups -OCH3 is 1. The normalized spacial score (nSPS) is 11.2. The molecule has 0 fully saturated rings. The summed E-state index contributed by atoms with van der Waals surface area (Å²) in [6, 6.07) is 9.04. The van der Waals surface area contributed by atoms with Gasteiger partial charge in [0.25, 0.3) is 0 Å². The van der Waals surface area contributed by atoms with Crippen LogP contribution in [0.15, 0.2) is 47.5 Å². The van der Waals surface area contributed by atoms with Crippen LogP contribution in [0.25, 0.3) is 27.8 Å². The number of hydrogen-bond donors (Lipinski definition) is 2. The Morgan fingerprint density at radius 1 is 1.11 bits per heavy atom. The molecule has 0 atom stereocenters. The second kappa shape index (κ2) is 7.69. The first-order chi connectivity index (χ1) is 13.7. The average Bonchev–Trinajstić information content (AvgIpc) is 3.06. The summed E-state index contributed by atoms with van der Waals surface area (Å²) in [4.78, 5) is 24.1. The minimum absolute atomic E-state index is 0.122. The van der Waals surface area contributed by atoms with Gasteiger partial charge in [-0.05, 0) is 37.1 Å². The number of ether oxygens (including phenoxy) is 2. The number of aliphatic hydroxyl groups excluding tert-OH is 1. The van der Waals surface area contributed by atoms with E-state index in [1.54, 1.807) is 31.6 Å². The van der Waals surface area contributed by atoms with Crippen molar-refractivity contribution in [3.8, 4) is 17.2 Å². The van der Waals surface area contributed by atoms with Gasteiger partial charge in [0, 0.05) is 30.5 Å². The van der Waals surface area contributed by atoms with Crippen molar-refractivity contribution < 1.29 is 14.6 Å². The predicted molar refractivity (Wildman–Crippen MR) is 105 cm³/mol. The number of fused-ring (bicyclic) bond motifs is 2. The van der Waals surface area contributed by atoms with Gasteiger partial charge >= 0.3 is 5.69 Å². The Morgan fingerprint density at radius 2 is 1.93 bits per heavy atom. The molecule has 0 aliphatic carbocycles. The topological polar surface area (TPSA) is 102 Å². The van der Waals surface area contributed by atoms with Crippen molar-refractivity contribution in [2.75, 3.05) is 20.3 Å². The molecular formula is C20H20N4O4. The second-order valence-electron chi connectivity index (χ2n) is 6.27. The first kappa shape index (κ1) is 18.0. The van der Waals surface area contributed by atoms with E-state index in [0.717, 1.165) is 10.9 Å². The summed E-state index contributed by atoms with van der Waals surface area (Å²) in [6.07, 6.45) is 4.65. The molecule has 0 unspecified atom stereocenters. The van der Waals surface area contributed by atoms with Gasteiger partial charge in [0.15, 0.2) is 5.65 Å². The highest BCUT2D eigenvalue weighted by Gasteiger charge is 2.16. The van der Waals surface area contributed by atoms with E-state index >= 15 is 0 Å². The maximum absolute atomic E-state index is 12.7. The van der Waals surface area contributed by atoms with E-state index in [-0.39, 0.29) is 12.3 Å². The molecule has 8 nitrogen and oxygen atoms in total. The van der Waals surface area contributed by atoms with E-state index in [4.69, 9.17) is 14.6 Å². The standard InChI is InChI=1S/C20H20N4O4/c1-27-16-6-8-21-15-5-4-13(12-14(15)16)24-18-17(28-11-3-2-10-25)7-9-22-19(18)23-20(24)26/h4-9,12,25H,2-3,10-11H2,1H3,(H,22,23,26). The van der Waals surface area contributed by atoms with Crippen molar-refractivity contribution in [3.63, 3.8) is 0 Å². The number of nitrogens with zero attached hydrogens (tertiary/aromatic N) is 3. The van der Waals surface area contributed by atoms with Gasteiger partial charge in [0.05, 0.1) is 24.9 Å². The van der Waals surface area contributed by atoms with Gasteiger partial charge in [-0.25, -0.2) is 9.78 Å². The number of rotatable bonds is 7. The number of aromatic amines is 1. The number of benzene rings is 1. The Morgan fingerprint density at radius 3 is 2.75 bits per heavy atom. The molecule has 8 heteroatoms. The Hall–Kier alpha value is -3.39. The van der Waals surface area contributed by atoms with Crippen LogP contribution < -0.4 is 15.2 Å². The Balaban J connectivity index is 1.85. The third-order valence-corrected chi connectivity index (χ3v) is 4.51. The van der Waals surface area contributed by atoms with E-state index in [2.05, 4.69) is 15.0 Å². The number of aromatic nitrogens is 4. The van der Waals surface area contributed by atoms with E-state index in [1.165, 1.54) is 4.57 Å². The molecule has 0 aliphatic rings. The average molecular weight is 380 g/mol. The van der Waals surface area contributed by atoms with Crippen LogP contribution in [0.2, 0.25) is 0 Å². The SMILES string of the molecule is COc1ccnc2ccc(-n3c(=O)[nH]c4nccc(OCCCCO)c43)cc12. The van der Waals surface area contributed by atoms with Gasteiger partial charge in [-0.1, -0.05) is 0 Å². The molecule has 3 heterocycles. The molecule has 3 aromatic heterocycles. The summed E-state index contributed by atoms with van der Waals surface area (Å²) < 4.78 is 12.8. The molecule has 0 saturated carbocycles. The highest BCUT2D eigenvalue weighted by molar-refractivity contribution is 5.88. The number of H-pyrrole nitrogens is 1. The van der Waals surface area contributed by atoms with Crippen LogP contribution in [-0.2, 0) is 0 Å². The minimum atomic E-state index is -0.309. The smallest absolute Gasteiger partial charge is 0.332 e. The minimum Gasteiger partial charge on any atom is -0.496 e. The van der Waals surface area contributed by atoms with Gasteiger partial charge in [-0.2, -0.15) is 0 Å². The first-order valence-electron chi connectivity index (χ1n) is 8.99. The molecule has 4 aromatic rings. The lowest BCUT2D eigenvalue weighted by molar-refractivity contribution is 0.254. The van der Waals surface area contributed by atoms with Crippen LogP contribution in [0.3, 0.4) is 0 Å². The van der Waals surface area contributed by atoms with Crippen molar-refractivity contribution in [3.05, 3.63) is 53.2 Å². The number of imidazole rings is 1. The molecule has 0 amide bonds. The van der Waals surface area contributed by atoms with Crippen LogP contribution in [0.1, 0.15) is 12.8 Å². The van der Waals surface area contributed by atoms with E-state index in [1.807, 2.05) is 18.2 Å². The summed E-state index contributed by atoms with van der Waals surface area (Å²) in [5.74, 6) is 1.23. The van der Waals surface area contributed by atoms with Gasteiger partial charge in [-0.3, -0.25) is 14.5 Å². The summed E-state index contributed by atoms with van der Waals surface area (Å²) >= 11 is 0. The molecule has 4 rings (SSSR count). The highest BCUT2D eigenvalue weighted by atomic mass is 16.5. The lowest BCUT2D eigenvalue weighted by atomic mass is 10.2. The molecule has 1 aromatic carbocycles. The highest BCUT2D eigenvalue weighted by Crippen LogP contribution is 2.29. The van der Waals surface area contributed by atoms with Crippen molar-refractivity contribution in [1.29, 1.82) is 0 Å². The van der Waals surface area contributed by atoms with Crippen molar-refractivity contribution in [2.24, 2.45) is 0 Å². The molecule has 28 heavy (non-hydrogen) atoms. The number of nitrogens with one attached hydrogen (secondary N) is 1. The summed E-state index contributed by atoms with van der Waals surface area (Å²) in [6.45, 7) is 0.561. The summed E-state index contributed by atoms with van der Waals surface area (Å²) in [7, 11) is 1.60. The maximum atomic E-state index is 12.7. The van der Waals surface area contributed by atoms with Crippen LogP contribution in [0.5, 0.6) is 11.5 Å². The lowest BCUT2D eigenvalue weighted by Gasteiger charge is -2.11. The van der Waals surface area contributed by atoms with Crippen LogP contribution in [0.4, 0.5) is 0 Å². The van der Waals surface area contributed by atoms with E-state index < -0.39 is 0 Å². The maximum Gasteiger partial charge on any atom is 0.332 e. The fraction of sp³-hybridized carbons (Fsp3) is 0.250. The number of unbranched alkanes of at least 4 members (excludes halogenated alkanes) is 1. The third kappa shape index (κ3) is 3.18. The molecule has 0 saturated heterocycles. The van der Waals surface area contributed by atoms with Crippen molar-refractivity contribution >= 4 is 22.1 Å². The van der Waals surface area contributed by atoms with Gasteiger partial charge in [0.2, 0.25) is 0 Å². The van der Waals surface area contributed by atoms with E-state index in [0.29, 0.717) is 47.8 Å². The molecular weight excluding hydrogens is 360 g/mol. The quantitative estimate of drug-likeness (QED) is 0.478. The zero-order chi connectivity index (χ0) is 19.5. The number of aliphatic hydroxyl groups is 1. The van der Waals surface area contributed by atoms with Gasteiger partial charge in [0.1, 0.15) is 17.0 Å².